The van der Waals surface area contributed by atoms with Crippen LogP contribution in [0.4, 0.5) is 16.3 Å². The number of nitrogen functional groups attached to an aromatic ring is 1. The van der Waals surface area contributed by atoms with Crippen molar-refractivity contribution in [1.29, 1.82) is 0 Å². The Bertz CT molecular complexity index is 1270. The summed E-state index contributed by atoms with van der Waals surface area (Å²) in [6, 6.07) is 12.5. The van der Waals surface area contributed by atoms with Crippen molar-refractivity contribution in [3.63, 3.8) is 0 Å². The zero-order chi connectivity index (χ0) is 25.8. The van der Waals surface area contributed by atoms with Gasteiger partial charge >= 0.3 is 6.03 Å². The lowest BCUT2D eigenvalue weighted by molar-refractivity contribution is -0.156. The highest BCUT2D eigenvalue weighted by molar-refractivity contribution is 9.10. The van der Waals surface area contributed by atoms with Gasteiger partial charge in [0.2, 0.25) is 5.91 Å². The van der Waals surface area contributed by atoms with Crippen molar-refractivity contribution in [2.75, 3.05) is 17.7 Å². The van der Waals surface area contributed by atoms with Crippen LogP contribution in [0, 0.1) is 5.92 Å². The smallest absolute Gasteiger partial charge is 0.325 e. The predicted molar refractivity (Wildman–Crippen MR) is 140 cm³/mol. The number of urea groups is 1. The number of halogens is 1. The second-order valence-corrected chi connectivity index (χ2v) is 9.54. The van der Waals surface area contributed by atoms with Gasteiger partial charge in [0.1, 0.15) is 11.9 Å². The fourth-order valence-electron chi connectivity index (χ4n) is 4.39. The van der Waals surface area contributed by atoms with Crippen LogP contribution in [-0.4, -0.2) is 45.8 Å². The minimum absolute atomic E-state index is 0.263. The fourth-order valence-corrected chi connectivity index (χ4v) is 4.81. The van der Waals surface area contributed by atoms with Crippen molar-refractivity contribution in [3.05, 3.63) is 82.7 Å². The molecule has 186 valence electrons. The minimum atomic E-state index is -0.968. The van der Waals surface area contributed by atoms with Crippen molar-refractivity contribution in [1.82, 2.24) is 20.2 Å². The number of pyridine rings is 2. The van der Waals surface area contributed by atoms with Gasteiger partial charge in [-0.05, 0) is 60.4 Å². The number of nitrogens with two attached hydrogens (primary N) is 1. The van der Waals surface area contributed by atoms with E-state index in [1.54, 1.807) is 49.9 Å². The molecular weight excluding hydrogens is 524 g/mol. The van der Waals surface area contributed by atoms with Gasteiger partial charge in [0.05, 0.1) is 12.0 Å². The van der Waals surface area contributed by atoms with Crippen molar-refractivity contribution in [3.8, 4) is 0 Å². The van der Waals surface area contributed by atoms with Gasteiger partial charge in [-0.15, -0.1) is 0 Å². The summed E-state index contributed by atoms with van der Waals surface area (Å²) in [7, 11) is 1.62. The molecule has 4 amide bonds. The number of likely N-dealkylation sites (N-methyl/N-ethyl adjacent to an activating group) is 1. The van der Waals surface area contributed by atoms with Crippen LogP contribution in [0.15, 0.2) is 71.6 Å². The van der Waals surface area contributed by atoms with Crippen LogP contribution < -0.4 is 16.0 Å². The number of nitrogens with zero attached hydrogens (tertiary/aromatic N) is 4. The van der Waals surface area contributed by atoms with E-state index in [9.17, 15) is 14.4 Å². The highest BCUT2D eigenvalue weighted by Crippen LogP contribution is 2.33. The Hall–Kier alpha value is -3.79. The third-order valence-electron chi connectivity index (χ3n) is 6.32. The zero-order valence-corrected chi connectivity index (χ0v) is 21.6. The molecule has 0 aliphatic carbocycles. The Morgan fingerprint density at radius 2 is 1.92 bits per heavy atom. The maximum Gasteiger partial charge on any atom is 0.325 e. The first-order chi connectivity index (χ1) is 17.3. The van der Waals surface area contributed by atoms with E-state index in [2.05, 4.69) is 31.2 Å². The molecule has 3 atom stereocenters. The Morgan fingerprint density at radius 3 is 2.58 bits per heavy atom. The molecule has 2 aromatic heterocycles. The first-order valence-corrected chi connectivity index (χ1v) is 12.4. The fraction of sp³-hybridized carbons (Fsp3) is 0.269. The molecule has 10 heteroatoms. The topological polar surface area (TPSA) is 122 Å². The Morgan fingerprint density at radius 1 is 1.17 bits per heavy atom. The maximum atomic E-state index is 13.6. The normalized spacial score (nSPS) is 17.8. The molecule has 0 saturated carbocycles. The van der Waals surface area contributed by atoms with Gasteiger partial charge < -0.3 is 16.0 Å². The van der Waals surface area contributed by atoms with E-state index in [1.165, 1.54) is 4.90 Å². The molecule has 1 aromatic carbocycles. The van der Waals surface area contributed by atoms with Crippen molar-refractivity contribution >= 4 is 45.3 Å². The van der Waals surface area contributed by atoms with Crippen LogP contribution in [-0.2, 0) is 16.0 Å². The average molecular weight is 551 g/mol. The zero-order valence-electron chi connectivity index (χ0n) is 20.0. The van der Waals surface area contributed by atoms with Gasteiger partial charge in [-0.3, -0.25) is 19.5 Å². The number of benzene rings is 1. The standard InChI is InChI=1S/C26H27BrN6O3/c1-3-21(17-5-4-6-18(27)15-17)31-26(36)33-23(25(35)32(2)19-8-10-29-11-9-19)20(24(33)34)13-16-7-12-30-22(28)14-16/h4-12,14-15,20-21,23H,3,13H2,1-2H3,(H2,28,30)(H,31,36)/t20-,21?,23+/m1/s1. The number of likely N-dealkylation sites (tertiary alicyclic amines) is 1. The van der Waals surface area contributed by atoms with Crippen LogP contribution in [0.5, 0.6) is 0 Å². The van der Waals surface area contributed by atoms with Crippen molar-refractivity contribution in [2.45, 2.75) is 31.8 Å². The highest BCUT2D eigenvalue weighted by Gasteiger charge is 2.55. The van der Waals surface area contributed by atoms with Crippen LogP contribution in [0.2, 0.25) is 0 Å². The van der Waals surface area contributed by atoms with Gasteiger partial charge in [0.15, 0.2) is 0 Å². The second-order valence-electron chi connectivity index (χ2n) is 8.62. The summed E-state index contributed by atoms with van der Waals surface area (Å²) < 4.78 is 0.886. The monoisotopic (exact) mass is 550 g/mol. The summed E-state index contributed by atoms with van der Waals surface area (Å²) in [4.78, 5) is 50.7. The number of anilines is 2. The molecule has 0 bridgehead atoms. The van der Waals surface area contributed by atoms with Crippen molar-refractivity contribution < 1.29 is 14.4 Å². The van der Waals surface area contributed by atoms with Crippen LogP contribution in [0.25, 0.3) is 0 Å². The summed E-state index contributed by atoms with van der Waals surface area (Å²) in [5.41, 5.74) is 8.08. The summed E-state index contributed by atoms with van der Waals surface area (Å²) in [5, 5.41) is 2.93. The molecule has 3 aromatic rings. The molecule has 4 rings (SSSR count). The molecule has 1 fully saturated rings. The summed E-state index contributed by atoms with van der Waals surface area (Å²) >= 11 is 3.46. The molecule has 0 spiro atoms. The maximum absolute atomic E-state index is 13.6. The summed E-state index contributed by atoms with van der Waals surface area (Å²) in [6.07, 6.45) is 5.59. The molecule has 1 saturated heterocycles. The van der Waals surface area contributed by atoms with E-state index in [0.29, 0.717) is 17.9 Å². The number of carbonyl (C=O) groups excluding carboxylic acids is 3. The number of imide groups is 1. The quantitative estimate of drug-likeness (QED) is 0.432. The number of amides is 4. The van der Waals surface area contributed by atoms with Gasteiger partial charge in [0, 0.05) is 35.8 Å². The number of aromatic nitrogens is 2. The molecule has 3 heterocycles. The molecule has 9 nitrogen and oxygen atoms in total. The Kier molecular flexibility index (Phi) is 7.64. The van der Waals surface area contributed by atoms with Gasteiger partial charge in [-0.2, -0.15) is 0 Å². The third-order valence-corrected chi connectivity index (χ3v) is 6.82. The molecule has 36 heavy (non-hydrogen) atoms. The lowest BCUT2D eigenvalue weighted by atomic mass is 9.81. The van der Waals surface area contributed by atoms with Crippen LogP contribution in [0.3, 0.4) is 0 Å². The lowest BCUT2D eigenvalue weighted by Crippen LogP contribution is -2.70. The molecule has 1 unspecified atom stereocenters. The lowest BCUT2D eigenvalue weighted by Gasteiger charge is -2.46. The summed E-state index contributed by atoms with van der Waals surface area (Å²) in [6.45, 7) is 1.94. The third kappa shape index (κ3) is 5.23. The number of carbonyl (C=O) groups is 3. The van der Waals surface area contributed by atoms with Crippen molar-refractivity contribution in [2.24, 2.45) is 5.92 Å². The molecule has 3 N–H and O–H groups in total. The number of nitrogens with one attached hydrogen (secondary N) is 1. The van der Waals surface area contributed by atoms with E-state index < -0.39 is 23.9 Å². The SMILES string of the molecule is CCC(NC(=O)N1C(=O)[C@H](Cc2ccnc(N)c2)[C@H]1C(=O)N(C)c1ccncc1)c1cccc(Br)c1. The number of rotatable bonds is 7. The van der Waals surface area contributed by atoms with Gasteiger partial charge in [0.25, 0.3) is 5.91 Å². The largest absolute Gasteiger partial charge is 0.384 e. The minimum Gasteiger partial charge on any atom is -0.384 e. The van der Waals surface area contributed by atoms with E-state index in [4.69, 9.17) is 5.73 Å². The van der Waals surface area contributed by atoms with E-state index in [1.807, 2.05) is 31.2 Å². The van der Waals surface area contributed by atoms with Crippen LogP contribution in [0.1, 0.15) is 30.5 Å². The molecule has 1 aliphatic heterocycles. The highest BCUT2D eigenvalue weighted by atomic mass is 79.9. The van der Waals surface area contributed by atoms with Crippen LogP contribution >= 0.6 is 15.9 Å². The number of hydrogen-bond acceptors (Lipinski definition) is 6. The van der Waals surface area contributed by atoms with E-state index >= 15 is 0 Å². The van der Waals surface area contributed by atoms with E-state index in [-0.39, 0.29) is 18.4 Å². The number of β-lactam (4-membered cyclic amide) rings is 1. The van der Waals surface area contributed by atoms with Gasteiger partial charge in [-0.1, -0.05) is 35.0 Å². The predicted octanol–water partition coefficient (Wildman–Crippen LogP) is 3.71. The Balaban J connectivity index is 1.60. The average Bonchev–Trinajstić information content (AvgIpc) is 2.88. The molecule has 1 aliphatic rings. The number of hydrogen-bond donors (Lipinski definition) is 2. The van der Waals surface area contributed by atoms with E-state index in [0.717, 1.165) is 20.5 Å². The first kappa shape index (κ1) is 25.3. The first-order valence-electron chi connectivity index (χ1n) is 11.6. The molecule has 0 radical (unpaired) electrons. The second kappa shape index (κ2) is 10.9. The summed E-state index contributed by atoms with van der Waals surface area (Å²) in [5.74, 6) is -1.15. The van der Waals surface area contributed by atoms with Gasteiger partial charge in [-0.25, -0.2) is 9.78 Å². The Labute approximate surface area is 217 Å². The molecular formula is C26H27BrN6O3.